The number of carbonyl (C=O) groups excluding carboxylic acids is 2. The maximum Gasteiger partial charge on any atom is 0.410 e. The fraction of sp³-hybridized carbons (Fsp3) is 0.700. The summed E-state index contributed by atoms with van der Waals surface area (Å²) in [4.78, 5) is 23.9. The maximum atomic E-state index is 11.5. The highest BCUT2D eigenvalue weighted by molar-refractivity contribution is 5.82. The minimum Gasteiger partial charge on any atom is -0.444 e. The first-order chi connectivity index (χ1) is 6.38. The monoisotopic (exact) mass is 198 g/mol. The first-order valence-corrected chi connectivity index (χ1v) is 4.73. The predicted molar refractivity (Wildman–Crippen MR) is 51.5 cm³/mol. The number of amides is 1. The number of carbonyl (C=O) groups is 2. The van der Waals surface area contributed by atoms with Crippen molar-refractivity contribution in [2.24, 2.45) is 0 Å². The van der Waals surface area contributed by atoms with E-state index < -0.39 is 5.60 Å². The van der Waals surface area contributed by atoms with Gasteiger partial charge in [-0.25, -0.2) is 4.79 Å². The molecule has 0 N–H and O–H groups in total. The van der Waals surface area contributed by atoms with Gasteiger partial charge in [0.05, 0.1) is 6.54 Å². The van der Waals surface area contributed by atoms with Crippen LogP contribution in [-0.2, 0) is 9.53 Å². The van der Waals surface area contributed by atoms with Gasteiger partial charge >= 0.3 is 6.09 Å². The van der Waals surface area contributed by atoms with Crippen LogP contribution in [0.1, 0.15) is 33.6 Å². The standard InChI is InChI=1S/C10H16NO3/c1-10(2,3)14-9(13)11-6-4-8(12)5-7-11/h6H,4-5,7H2,1-3H3. The van der Waals surface area contributed by atoms with E-state index in [0.29, 0.717) is 19.4 Å². The molecule has 1 heterocycles. The summed E-state index contributed by atoms with van der Waals surface area (Å²) in [5.74, 6) is 0.171. The number of hydrogen-bond donors (Lipinski definition) is 0. The SMILES string of the molecule is CC(C)(C)OC(=O)N1[CH]CC(=O)CC1. The van der Waals surface area contributed by atoms with Gasteiger partial charge < -0.3 is 9.64 Å². The molecule has 1 saturated heterocycles. The Kier molecular flexibility index (Phi) is 3.13. The fourth-order valence-electron chi connectivity index (χ4n) is 1.14. The first-order valence-electron chi connectivity index (χ1n) is 4.73. The summed E-state index contributed by atoms with van der Waals surface area (Å²) >= 11 is 0. The molecule has 0 spiro atoms. The molecule has 4 nitrogen and oxygen atoms in total. The van der Waals surface area contributed by atoms with Gasteiger partial charge in [-0.15, -0.1) is 0 Å². The Balaban J connectivity index is 2.42. The highest BCUT2D eigenvalue weighted by Crippen LogP contribution is 2.15. The average Bonchev–Trinajstić information content (AvgIpc) is 2.02. The molecule has 1 aliphatic rings. The van der Waals surface area contributed by atoms with Gasteiger partial charge in [-0.3, -0.25) is 4.79 Å². The molecule has 1 rings (SSSR count). The van der Waals surface area contributed by atoms with E-state index >= 15 is 0 Å². The molecule has 1 radical (unpaired) electrons. The quantitative estimate of drug-likeness (QED) is 0.595. The van der Waals surface area contributed by atoms with E-state index in [-0.39, 0.29) is 11.9 Å². The summed E-state index contributed by atoms with van der Waals surface area (Å²) in [6.45, 7) is 7.49. The van der Waals surface area contributed by atoms with Crippen molar-refractivity contribution in [2.75, 3.05) is 6.54 Å². The number of likely N-dealkylation sites (tertiary alicyclic amines) is 1. The molecular weight excluding hydrogens is 182 g/mol. The molecule has 0 bridgehead atoms. The maximum absolute atomic E-state index is 11.5. The summed E-state index contributed by atoms with van der Waals surface area (Å²) in [6.07, 6.45) is 0.389. The molecule has 0 atom stereocenters. The van der Waals surface area contributed by atoms with Gasteiger partial charge in [0.15, 0.2) is 0 Å². The molecule has 0 aromatic rings. The van der Waals surface area contributed by atoms with E-state index in [0.717, 1.165) is 0 Å². The molecule has 0 unspecified atom stereocenters. The van der Waals surface area contributed by atoms with Crippen LogP contribution in [0.5, 0.6) is 0 Å². The second-order valence-corrected chi connectivity index (χ2v) is 4.35. The normalized spacial score (nSPS) is 18.2. The largest absolute Gasteiger partial charge is 0.444 e. The number of ether oxygens (including phenoxy) is 1. The second-order valence-electron chi connectivity index (χ2n) is 4.35. The van der Waals surface area contributed by atoms with Gasteiger partial charge in [-0.2, -0.15) is 0 Å². The highest BCUT2D eigenvalue weighted by atomic mass is 16.6. The number of piperidine rings is 1. The van der Waals surface area contributed by atoms with Crippen LogP contribution in [0.25, 0.3) is 0 Å². The molecule has 0 saturated carbocycles. The van der Waals surface area contributed by atoms with Crippen molar-refractivity contribution in [1.82, 2.24) is 4.90 Å². The third-order valence-electron chi connectivity index (χ3n) is 1.80. The summed E-state index contributed by atoms with van der Waals surface area (Å²) in [6, 6.07) is 0. The van der Waals surface area contributed by atoms with Gasteiger partial charge in [0, 0.05) is 19.4 Å². The molecule has 79 valence electrons. The van der Waals surface area contributed by atoms with E-state index in [2.05, 4.69) is 0 Å². The number of hydrogen-bond acceptors (Lipinski definition) is 3. The van der Waals surface area contributed by atoms with Crippen LogP contribution in [0, 0.1) is 6.54 Å². The Labute approximate surface area is 84.2 Å². The first kappa shape index (κ1) is 11.0. The van der Waals surface area contributed by atoms with Crippen LogP contribution in [-0.4, -0.2) is 28.9 Å². The number of rotatable bonds is 0. The van der Waals surface area contributed by atoms with E-state index in [1.807, 2.05) is 20.8 Å². The number of Topliss-reactive ketones (excluding diaryl/α,β-unsaturated/α-hetero) is 1. The van der Waals surface area contributed by atoms with E-state index in [9.17, 15) is 9.59 Å². The summed E-state index contributed by atoms with van der Waals surface area (Å²) < 4.78 is 5.16. The minimum atomic E-state index is -0.480. The lowest BCUT2D eigenvalue weighted by atomic mass is 10.1. The van der Waals surface area contributed by atoms with E-state index in [1.54, 1.807) is 6.54 Å². The Bertz CT molecular complexity index is 232. The molecular formula is C10H16NO3. The second kappa shape index (κ2) is 3.98. The van der Waals surface area contributed by atoms with Crippen molar-refractivity contribution in [1.29, 1.82) is 0 Å². The van der Waals surface area contributed by atoms with E-state index in [4.69, 9.17) is 4.74 Å². The van der Waals surface area contributed by atoms with Crippen LogP contribution in [0.4, 0.5) is 4.79 Å². The zero-order valence-electron chi connectivity index (χ0n) is 8.87. The van der Waals surface area contributed by atoms with Crippen molar-refractivity contribution >= 4 is 11.9 Å². The Hall–Kier alpha value is -1.06. The Morgan fingerprint density at radius 3 is 2.57 bits per heavy atom. The molecule has 0 aromatic carbocycles. The third kappa shape index (κ3) is 3.36. The van der Waals surface area contributed by atoms with Crippen LogP contribution < -0.4 is 0 Å². The minimum absolute atomic E-state index is 0.171. The zero-order chi connectivity index (χ0) is 10.8. The smallest absolute Gasteiger partial charge is 0.410 e. The molecule has 1 aliphatic heterocycles. The number of nitrogens with zero attached hydrogens (tertiary/aromatic N) is 1. The number of ketones is 1. The molecule has 14 heavy (non-hydrogen) atoms. The Morgan fingerprint density at radius 1 is 1.50 bits per heavy atom. The van der Waals surface area contributed by atoms with Gasteiger partial charge in [0.25, 0.3) is 0 Å². The topological polar surface area (TPSA) is 46.6 Å². The van der Waals surface area contributed by atoms with Gasteiger partial charge in [-0.05, 0) is 20.8 Å². The van der Waals surface area contributed by atoms with E-state index in [1.165, 1.54) is 4.90 Å². The van der Waals surface area contributed by atoms with Gasteiger partial charge in [-0.1, -0.05) is 0 Å². The lowest BCUT2D eigenvalue weighted by molar-refractivity contribution is -0.120. The summed E-state index contributed by atoms with van der Waals surface area (Å²) in [5, 5.41) is 0. The van der Waals surface area contributed by atoms with Crippen molar-refractivity contribution in [3.63, 3.8) is 0 Å². The molecule has 4 heteroatoms. The van der Waals surface area contributed by atoms with Crippen LogP contribution in [0.2, 0.25) is 0 Å². The lowest BCUT2D eigenvalue weighted by Gasteiger charge is -2.28. The highest BCUT2D eigenvalue weighted by Gasteiger charge is 2.25. The van der Waals surface area contributed by atoms with Crippen molar-refractivity contribution in [3.05, 3.63) is 6.54 Å². The molecule has 1 fully saturated rings. The fourth-order valence-corrected chi connectivity index (χ4v) is 1.14. The lowest BCUT2D eigenvalue weighted by Crippen LogP contribution is -2.39. The average molecular weight is 198 g/mol. The van der Waals surface area contributed by atoms with Crippen LogP contribution in [0.3, 0.4) is 0 Å². The van der Waals surface area contributed by atoms with Gasteiger partial charge in [0.2, 0.25) is 0 Å². The predicted octanol–water partition coefficient (Wildman–Crippen LogP) is 1.75. The summed E-state index contributed by atoms with van der Waals surface area (Å²) in [7, 11) is 0. The zero-order valence-corrected chi connectivity index (χ0v) is 8.87. The van der Waals surface area contributed by atoms with Gasteiger partial charge in [0.1, 0.15) is 11.4 Å². The molecule has 0 aromatic heterocycles. The third-order valence-corrected chi connectivity index (χ3v) is 1.80. The van der Waals surface area contributed by atoms with Crippen LogP contribution in [0.15, 0.2) is 0 Å². The van der Waals surface area contributed by atoms with Crippen molar-refractivity contribution in [3.8, 4) is 0 Å². The summed E-state index contributed by atoms with van der Waals surface area (Å²) in [5.41, 5.74) is -0.480. The molecule has 1 amide bonds. The van der Waals surface area contributed by atoms with Crippen molar-refractivity contribution in [2.45, 2.75) is 39.2 Å². The molecule has 0 aliphatic carbocycles. The van der Waals surface area contributed by atoms with Crippen LogP contribution >= 0.6 is 0 Å². The van der Waals surface area contributed by atoms with Crippen molar-refractivity contribution < 1.29 is 14.3 Å². The Morgan fingerprint density at radius 2 is 2.14 bits per heavy atom.